The maximum Gasteiger partial charge on any atom is 0.325 e. The molecule has 1 aromatic heterocycles. The lowest BCUT2D eigenvalue weighted by Gasteiger charge is -2.07. The Kier molecular flexibility index (Phi) is 4.20. The van der Waals surface area contributed by atoms with Gasteiger partial charge in [0.1, 0.15) is 12.3 Å². The van der Waals surface area contributed by atoms with Crippen molar-refractivity contribution >= 4 is 5.97 Å². The minimum Gasteiger partial charge on any atom is -0.497 e. The Hall–Kier alpha value is -2.56. The molecule has 2 rings (SSSR count). The van der Waals surface area contributed by atoms with Gasteiger partial charge in [0.25, 0.3) is 5.56 Å². The van der Waals surface area contributed by atoms with E-state index in [2.05, 4.69) is 4.74 Å². The molecular formula is C15H15NO4. The third-order valence-electron chi connectivity index (χ3n) is 2.93. The number of pyridine rings is 1. The molecule has 0 unspecified atom stereocenters. The number of carbonyl (C=O) groups is 1. The fourth-order valence-corrected chi connectivity index (χ4v) is 1.82. The molecule has 5 heteroatoms. The van der Waals surface area contributed by atoms with Crippen molar-refractivity contribution in [3.63, 3.8) is 0 Å². The number of hydrogen-bond acceptors (Lipinski definition) is 4. The molecule has 2 aromatic rings. The largest absolute Gasteiger partial charge is 0.497 e. The molecule has 5 nitrogen and oxygen atoms in total. The van der Waals surface area contributed by atoms with E-state index >= 15 is 0 Å². The van der Waals surface area contributed by atoms with E-state index in [1.807, 2.05) is 24.3 Å². The van der Waals surface area contributed by atoms with Crippen LogP contribution in [0.3, 0.4) is 0 Å². The van der Waals surface area contributed by atoms with Crippen LogP contribution in [-0.4, -0.2) is 24.8 Å². The van der Waals surface area contributed by atoms with Gasteiger partial charge in [0.15, 0.2) is 0 Å². The number of rotatable bonds is 4. The van der Waals surface area contributed by atoms with Crippen LogP contribution in [0.15, 0.2) is 47.4 Å². The minimum atomic E-state index is -0.457. The summed E-state index contributed by atoms with van der Waals surface area (Å²) in [4.78, 5) is 23.1. The first-order chi connectivity index (χ1) is 9.63. The number of esters is 1. The van der Waals surface area contributed by atoms with Gasteiger partial charge in [-0.25, -0.2) is 0 Å². The van der Waals surface area contributed by atoms with Gasteiger partial charge >= 0.3 is 5.97 Å². The van der Waals surface area contributed by atoms with Crippen LogP contribution in [-0.2, 0) is 16.1 Å². The predicted molar refractivity (Wildman–Crippen MR) is 74.7 cm³/mol. The standard InChI is InChI=1S/C15H15NO4/c1-19-13-5-3-4-11(8-13)12-6-7-16(14(17)9-12)10-15(18)20-2/h3-9H,10H2,1-2H3. The van der Waals surface area contributed by atoms with Gasteiger partial charge in [0.2, 0.25) is 0 Å². The summed E-state index contributed by atoms with van der Waals surface area (Å²) in [5.74, 6) is 0.266. The fourth-order valence-electron chi connectivity index (χ4n) is 1.82. The second-order valence-corrected chi connectivity index (χ2v) is 4.19. The lowest BCUT2D eigenvalue weighted by Crippen LogP contribution is -2.23. The molecule has 0 spiro atoms. The van der Waals surface area contributed by atoms with Crippen molar-refractivity contribution < 1.29 is 14.3 Å². The average Bonchev–Trinajstić information content (AvgIpc) is 2.49. The highest BCUT2D eigenvalue weighted by Crippen LogP contribution is 2.22. The zero-order chi connectivity index (χ0) is 14.5. The van der Waals surface area contributed by atoms with Gasteiger partial charge in [0.05, 0.1) is 14.2 Å². The van der Waals surface area contributed by atoms with E-state index in [-0.39, 0.29) is 12.1 Å². The number of benzene rings is 1. The lowest BCUT2D eigenvalue weighted by atomic mass is 10.1. The second-order valence-electron chi connectivity index (χ2n) is 4.19. The van der Waals surface area contributed by atoms with Crippen molar-refractivity contribution in [2.45, 2.75) is 6.54 Å². The van der Waals surface area contributed by atoms with Gasteiger partial charge in [-0.15, -0.1) is 0 Å². The first-order valence-electron chi connectivity index (χ1n) is 6.06. The van der Waals surface area contributed by atoms with Gasteiger partial charge in [-0.05, 0) is 29.3 Å². The van der Waals surface area contributed by atoms with Gasteiger partial charge < -0.3 is 14.0 Å². The van der Waals surface area contributed by atoms with E-state index in [0.717, 1.165) is 16.9 Å². The van der Waals surface area contributed by atoms with E-state index in [0.29, 0.717) is 0 Å². The van der Waals surface area contributed by atoms with Crippen LogP contribution in [0.2, 0.25) is 0 Å². The molecule has 0 fully saturated rings. The fraction of sp³-hybridized carbons (Fsp3) is 0.200. The number of methoxy groups -OCH3 is 2. The van der Waals surface area contributed by atoms with E-state index in [9.17, 15) is 9.59 Å². The normalized spacial score (nSPS) is 10.1. The Morgan fingerprint density at radius 2 is 1.90 bits per heavy atom. The second kappa shape index (κ2) is 6.06. The molecule has 20 heavy (non-hydrogen) atoms. The number of nitrogens with zero attached hydrogens (tertiary/aromatic N) is 1. The van der Waals surface area contributed by atoms with Crippen LogP contribution in [0, 0.1) is 0 Å². The Labute approximate surface area is 116 Å². The van der Waals surface area contributed by atoms with Crippen molar-refractivity contribution in [3.8, 4) is 16.9 Å². The van der Waals surface area contributed by atoms with Crippen LogP contribution >= 0.6 is 0 Å². The Morgan fingerprint density at radius 3 is 2.55 bits per heavy atom. The summed E-state index contributed by atoms with van der Waals surface area (Å²) in [5.41, 5.74) is 1.40. The van der Waals surface area contributed by atoms with E-state index in [1.165, 1.54) is 17.7 Å². The molecule has 0 aliphatic heterocycles. The highest BCUT2D eigenvalue weighted by atomic mass is 16.5. The van der Waals surface area contributed by atoms with Crippen molar-refractivity contribution in [3.05, 3.63) is 52.9 Å². The van der Waals surface area contributed by atoms with Gasteiger partial charge in [0, 0.05) is 12.3 Å². The molecule has 1 aromatic carbocycles. The van der Waals surface area contributed by atoms with Crippen LogP contribution in [0.4, 0.5) is 0 Å². The Morgan fingerprint density at radius 1 is 1.15 bits per heavy atom. The smallest absolute Gasteiger partial charge is 0.325 e. The Bertz CT molecular complexity index is 676. The zero-order valence-corrected chi connectivity index (χ0v) is 11.3. The third kappa shape index (κ3) is 3.06. The van der Waals surface area contributed by atoms with Gasteiger partial charge in [-0.1, -0.05) is 12.1 Å². The molecule has 0 aliphatic carbocycles. The first kappa shape index (κ1) is 13.9. The highest BCUT2D eigenvalue weighted by Gasteiger charge is 2.06. The molecule has 0 radical (unpaired) electrons. The Balaban J connectivity index is 2.33. The molecule has 0 saturated carbocycles. The van der Waals surface area contributed by atoms with Crippen molar-refractivity contribution in [2.24, 2.45) is 0 Å². The quantitative estimate of drug-likeness (QED) is 0.796. The molecule has 0 N–H and O–H groups in total. The van der Waals surface area contributed by atoms with E-state index < -0.39 is 5.97 Å². The van der Waals surface area contributed by atoms with Crippen LogP contribution < -0.4 is 10.3 Å². The van der Waals surface area contributed by atoms with Crippen LogP contribution in [0.25, 0.3) is 11.1 Å². The average molecular weight is 273 g/mol. The minimum absolute atomic E-state index is 0.0896. The summed E-state index contributed by atoms with van der Waals surface area (Å²) in [6.07, 6.45) is 1.58. The van der Waals surface area contributed by atoms with Crippen molar-refractivity contribution in [1.29, 1.82) is 0 Å². The van der Waals surface area contributed by atoms with Crippen LogP contribution in [0.5, 0.6) is 5.75 Å². The van der Waals surface area contributed by atoms with Gasteiger partial charge in [-0.3, -0.25) is 9.59 Å². The van der Waals surface area contributed by atoms with Crippen molar-refractivity contribution in [2.75, 3.05) is 14.2 Å². The summed E-state index contributed by atoms with van der Waals surface area (Å²) >= 11 is 0. The van der Waals surface area contributed by atoms with E-state index in [1.54, 1.807) is 19.4 Å². The number of ether oxygens (including phenoxy) is 2. The highest BCUT2D eigenvalue weighted by molar-refractivity contribution is 5.69. The molecule has 0 aliphatic rings. The van der Waals surface area contributed by atoms with Gasteiger partial charge in [-0.2, -0.15) is 0 Å². The molecule has 1 heterocycles. The summed E-state index contributed by atoms with van der Waals surface area (Å²) in [5, 5.41) is 0. The number of carbonyl (C=O) groups excluding carboxylic acids is 1. The maximum atomic E-state index is 11.9. The van der Waals surface area contributed by atoms with Crippen LogP contribution in [0.1, 0.15) is 0 Å². The topological polar surface area (TPSA) is 57.5 Å². The third-order valence-corrected chi connectivity index (χ3v) is 2.93. The zero-order valence-electron chi connectivity index (χ0n) is 11.3. The maximum absolute atomic E-state index is 11.9. The first-order valence-corrected chi connectivity index (χ1v) is 6.06. The molecule has 0 amide bonds. The molecular weight excluding hydrogens is 258 g/mol. The summed E-state index contributed by atoms with van der Waals surface area (Å²) in [7, 11) is 2.88. The summed E-state index contributed by atoms with van der Waals surface area (Å²) in [6, 6.07) is 10.7. The van der Waals surface area contributed by atoms with E-state index in [4.69, 9.17) is 4.74 Å². The molecule has 0 saturated heterocycles. The molecule has 104 valence electrons. The summed E-state index contributed by atoms with van der Waals surface area (Å²) < 4.78 is 11.0. The number of hydrogen-bond donors (Lipinski definition) is 0. The summed E-state index contributed by atoms with van der Waals surface area (Å²) in [6.45, 7) is -0.0896. The SMILES string of the molecule is COC(=O)Cn1ccc(-c2cccc(OC)c2)cc1=O. The molecule has 0 atom stereocenters. The number of aromatic nitrogens is 1. The predicted octanol–water partition coefficient (Wildman–Crippen LogP) is 1.70. The molecule has 0 bridgehead atoms. The lowest BCUT2D eigenvalue weighted by molar-refractivity contribution is -0.141. The van der Waals surface area contributed by atoms with Crippen molar-refractivity contribution in [1.82, 2.24) is 4.57 Å². The monoisotopic (exact) mass is 273 g/mol.